The van der Waals surface area contributed by atoms with Crippen molar-refractivity contribution in [3.8, 4) is 6.07 Å². The first-order chi connectivity index (χ1) is 7.97. The minimum atomic E-state index is -1.65. The van der Waals surface area contributed by atoms with Crippen LogP contribution < -0.4 is 0 Å². The van der Waals surface area contributed by atoms with Crippen LogP contribution in [0.5, 0.6) is 0 Å². The Balaban J connectivity index is 2.93. The quantitative estimate of drug-likeness (QED) is 0.458. The summed E-state index contributed by atoms with van der Waals surface area (Å²) in [6, 6.07) is 4.49. The zero-order valence-electron chi connectivity index (χ0n) is 8.88. The number of carbonyl (C=O) groups is 3. The van der Waals surface area contributed by atoms with Gasteiger partial charge < -0.3 is 5.11 Å². The molecule has 1 unspecified atom stereocenters. The number of aromatic nitrogens is 1. The Hall–Kier alpha value is -2.55. The summed E-state index contributed by atoms with van der Waals surface area (Å²) in [4.78, 5) is 36.8. The molecule has 0 radical (unpaired) electrons. The Kier molecular flexibility index (Phi) is 3.67. The van der Waals surface area contributed by atoms with Crippen LogP contribution >= 0.6 is 0 Å². The van der Waals surface area contributed by atoms with Crippen LogP contribution in [-0.4, -0.2) is 27.6 Å². The summed E-state index contributed by atoms with van der Waals surface area (Å²) in [5.74, 6) is -4.80. The normalized spacial score (nSPS) is 11.3. The van der Waals surface area contributed by atoms with Crippen molar-refractivity contribution in [2.24, 2.45) is 5.92 Å². The van der Waals surface area contributed by atoms with Gasteiger partial charge in [-0.25, -0.2) is 4.79 Å². The monoisotopic (exact) mass is 232 g/mol. The lowest BCUT2D eigenvalue weighted by molar-refractivity contribution is -0.150. The van der Waals surface area contributed by atoms with Gasteiger partial charge in [0, 0.05) is 6.20 Å². The summed E-state index contributed by atoms with van der Waals surface area (Å²) in [7, 11) is 0. The van der Waals surface area contributed by atoms with E-state index in [1.807, 2.05) is 6.07 Å². The highest BCUT2D eigenvalue weighted by Gasteiger charge is 2.28. The average Bonchev–Trinajstić information content (AvgIpc) is 2.36. The zero-order chi connectivity index (χ0) is 13.0. The predicted octanol–water partition coefficient (Wildman–Crippen LogP) is 0.426. The van der Waals surface area contributed by atoms with Crippen molar-refractivity contribution in [1.82, 2.24) is 4.98 Å². The molecule has 0 aliphatic rings. The highest BCUT2D eigenvalue weighted by molar-refractivity contribution is 6.38. The van der Waals surface area contributed by atoms with Crippen LogP contribution in [0.4, 0.5) is 0 Å². The van der Waals surface area contributed by atoms with E-state index in [9.17, 15) is 14.4 Å². The lowest BCUT2D eigenvalue weighted by Crippen LogP contribution is -2.28. The average molecular weight is 232 g/mol. The second kappa shape index (κ2) is 4.99. The topological polar surface area (TPSA) is 108 Å². The molecule has 0 aliphatic carbocycles. The van der Waals surface area contributed by atoms with Gasteiger partial charge in [-0.1, -0.05) is 0 Å². The lowest BCUT2D eigenvalue weighted by atomic mass is 9.98. The molecule has 6 heteroatoms. The Labute approximate surface area is 96.5 Å². The van der Waals surface area contributed by atoms with E-state index >= 15 is 0 Å². The fourth-order valence-corrected chi connectivity index (χ4v) is 1.13. The second-order valence-corrected chi connectivity index (χ2v) is 3.30. The van der Waals surface area contributed by atoms with E-state index in [1.165, 1.54) is 25.3 Å². The van der Waals surface area contributed by atoms with E-state index < -0.39 is 23.5 Å². The molecule has 0 spiro atoms. The zero-order valence-corrected chi connectivity index (χ0v) is 8.88. The number of hydrogen-bond acceptors (Lipinski definition) is 5. The Morgan fingerprint density at radius 3 is 2.47 bits per heavy atom. The first kappa shape index (κ1) is 12.5. The molecular formula is C11H8N2O4. The van der Waals surface area contributed by atoms with Crippen molar-refractivity contribution in [2.45, 2.75) is 6.92 Å². The largest absolute Gasteiger partial charge is 0.475 e. The summed E-state index contributed by atoms with van der Waals surface area (Å²) in [6.07, 6.45) is 1.19. The summed E-state index contributed by atoms with van der Waals surface area (Å²) in [5, 5.41) is 17.0. The third-order valence-corrected chi connectivity index (χ3v) is 2.14. The minimum Gasteiger partial charge on any atom is -0.475 e. The number of hydrogen-bond donors (Lipinski definition) is 1. The molecule has 1 N–H and O–H groups in total. The van der Waals surface area contributed by atoms with Crippen LogP contribution in [0, 0.1) is 17.2 Å². The third-order valence-electron chi connectivity index (χ3n) is 2.14. The highest BCUT2D eigenvalue weighted by Crippen LogP contribution is 2.08. The van der Waals surface area contributed by atoms with E-state index in [0.29, 0.717) is 0 Å². The van der Waals surface area contributed by atoms with Gasteiger partial charge in [-0.2, -0.15) is 5.26 Å². The van der Waals surface area contributed by atoms with E-state index in [1.54, 1.807) is 0 Å². The second-order valence-electron chi connectivity index (χ2n) is 3.30. The molecule has 1 aromatic rings. The van der Waals surface area contributed by atoms with E-state index in [0.717, 1.165) is 0 Å². The predicted molar refractivity (Wildman–Crippen MR) is 55.1 cm³/mol. The van der Waals surface area contributed by atoms with Crippen molar-refractivity contribution in [3.63, 3.8) is 0 Å². The molecule has 0 amide bonds. The maximum absolute atomic E-state index is 11.7. The first-order valence-corrected chi connectivity index (χ1v) is 4.65. The number of nitriles is 1. The van der Waals surface area contributed by atoms with Gasteiger partial charge >= 0.3 is 5.97 Å². The Morgan fingerprint density at radius 2 is 2.06 bits per heavy atom. The lowest BCUT2D eigenvalue weighted by Gasteiger charge is -2.05. The summed E-state index contributed by atoms with van der Waals surface area (Å²) in [5.41, 5.74) is 0.241. The molecule has 6 nitrogen and oxygen atoms in total. The Bertz CT molecular complexity index is 513. The number of carboxylic acid groups (broad SMARTS) is 1. The first-order valence-electron chi connectivity index (χ1n) is 4.65. The molecule has 1 atom stereocenters. The molecule has 0 fully saturated rings. The maximum atomic E-state index is 11.7. The van der Waals surface area contributed by atoms with Crippen LogP contribution in [0.25, 0.3) is 0 Å². The number of Topliss-reactive ketones (excluding diaryl/α,β-unsaturated/α-hetero) is 2. The number of rotatable bonds is 4. The molecule has 0 saturated heterocycles. The molecule has 17 heavy (non-hydrogen) atoms. The van der Waals surface area contributed by atoms with Gasteiger partial charge in [0.25, 0.3) is 0 Å². The Morgan fingerprint density at radius 1 is 1.41 bits per heavy atom. The summed E-state index contributed by atoms with van der Waals surface area (Å²) in [6.45, 7) is 1.21. The van der Waals surface area contributed by atoms with Crippen LogP contribution in [-0.2, 0) is 9.59 Å². The highest BCUT2D eigenvalue weighted by atomic mass is 16.4. The molecule has 1 rings (SSSR count). The maximum Gasteiger partial charge on any atom is 0.372 e. The SMILES string of the molecule is CC(C(=O)C(=O)O)C(=O)c1ccc(C#N)cn1. The van der Waals surface area contributed by atoms with E-state index in [2.05, 4.69) is 4.98 Å². The third kappa shape index (κ3) is 2.72. The number of nitrogens with zero attached hydrogens (tertiary/aromatic N) is 2. The van der Waals surface area contributed by atoms with Gasteiger partial charge in [0.1, 0.15) is 11.8 Å². The van der Waals surface area contributed by atoms with Crippen molar-refractivity contribution >= 4 is 17.5 Å². The molecule has 86 valence electrons. The van der Waals surface area contributed by atoms with Crippen molar-refractivity contribution in [3.05, 3.63) is 29.6 Å². The number of pyridine rings is 1. The standard InChI is InChI=1S/C11H8N2O4/c1-6(10(15)11(16)17)9(14)8-3-2-7(4-12)5-13-8/h2-3,5-6H,1H3,(H,16,17). The molecule has 0 bridgehead atoms. The van der Waals surface area contributed by atoms with Gasteiger partial charge in [0.05, 0.1) is 11.5 Å². The van der Waals surface area contributed by atoms with Crippen LogP contribution in [0.15, 0.2) is 18.3 Å². The minimum absolute atomic E-state index is 0.0360. The van der Waals surface area contributed by atoms with Crippen LogP contribution in [0.3, 0.4) is 0 Å². The molecule has 0 aliphatic heterocycles. The van der Waals surface area contributed by atoms with Crippen LogP contribution in [0.2, 0.25) is 0 Å². The number of carboxylic acids is 1. The molecule has 1 heterocycles. The molecule has 0 saturated carbocycles. The van der Waals surface area contributed by atoms with Crippen molar-refractivity contribution in [1.29, 1.82) is 5.26 Å². The molecule has 0 aromatic carbocycles. The van der Waals surface area contributed by atoms with Crippen molar-refractivity contribution < 1.29 is 19.5 Å². The van der Waals surface area contributed by atoms with Crippen LogP contribution in [0.1, 0.15) is 23.0 Å². The summed E-state index contributed by atoms with van der Waals surface area (Å²) >= 11 is 0. The van der Waals surface area contributed by atoms with E-state index in [4.69, 9.17) is 10.4 Å². The fraction of sp³-hybridized carbons (Fsp3) is 0.182. The number of ketones is 2. The molecular weight excluding hydrogens is 224 g/mol. The van der Waals surface area contributed by atoms with Gasteiger partial charge in [-0.05, 0) is 19.1 Å². The van der Waals surface area contributed by atoms with Gasteiger partial charge in [-0.3, -0.25) is 14.6 Å². The van der Waals surface area contributed by atoms with Gasteiger partial charge in [-0.15, -0.1) is 0 Å². The fourth-order valence-electron chi connectivity index (χ4n) is 1.13. The number of carbonyl (C=O) groups excluding carboxylic acids is 2. The van der Waals surface area contributed by atoms with E-state index in [-0.39, 0.29) is 11.3 Å². The van der Waals surface area contributed by atoms with Gasteiger partial charge in [0.2, 0.25) is 5.78 Å². The number of aliphatic carboxylic acids is 1. The summed E-state index contributed by atoms with van der Waals surface area (Å²) < 4.78 is 0. The van der Waals surface area contributed by atoms with Crippen molar-refractivity contribution in [2.75, 3.05) is 0 Å². The van der Waals surface area contributed by atoms with Gasteiger partial charge in [0.15, 0.2) is 5.78 Å². The molecule has 1 aromatic heterocycles. The smallest absolute Gasteiger partial charge is 0.372 e.